The summed E-state index contributed by atoms with van der Waals surface area (Å²) >= 11 is 1.56. The fraction of sp³-hybridized carbons (Fsp3) is 0.227. The van der Waals surface area contributed by atoms with Crippen molar-refractivity contribution in [3.05, 3.63) is 77.5 Å². The first-order valence-electron chi connectivity index (χ1n) is 9.54. The summed E-state index contributed by atoms with van der Waals surface area (Å²) in [7, 11) is 0. The number of rotatable bonds is 7. The van der Waals surface area contributed by atoms with Crippen molar-refractivity contribution in [1.82, 2.24) is 14.9 Å². The minimum atomic E-state index is -1.13. The van der Waals surface area contributed by atoms with E-state index in [2.05, 4.69) is 10.3 Å². The molecule has 0 saturated heterocycles. The summed E-state index contributed by atoms with van der Waals surface area (Å²) in [6.45, 7) is 4.20. The van der Waals surface area contributed by atoms with E-state index < -0.39 is 18.0 Å². The molecular weight excluding hydrogens is 402 g/mol. The number of hydrogen-bond acceptors (Lipinski definition) is 6. The number of nitrogens with zero attached hydrogens (tertiary/aromatic N) is 2. The van der Waals surface area contributed by atoms with Gasteiger partial charge in [0.1, 0.15) is 11.5 Å². The number of pyridine rings is 1. The molecule has 0 spiro atoms. The highest BCUT2D eigenvalue weighted by molar-refractivity contribution is 7.17. The van der Waals surface area contributed by atoms with Crippen LogP contribution in [0, 0.1) is 0 Å². The zero-order valence-corrected chi connectivity index (χ0v) is 17.4. The highest BCUT2D eigenvalue weighted by Gasteiger charge is 2.28. The number of ether oxygens (including phenoxy) is 1. The SMILES string of the molecule is CC(C)n1c(C(=O)O[C@@H](C(=O)NCc2ccco2)c2cccnc2)cc2sccc21. The van der Waals surface area contributed by atoms with E-state index >= 15 is 0 Å². The Hall–Kier alpha value is -3.39. The molecule has 0 unspecified atom stereocenters. The van der Waals surface area contributed by atoms with Crippen molar-refractivity contribution in [3.8, 4) is 0 Å². The van der Waals surface area contributed by atoms with Crippen LogP contribution in [-0.2, 0) is 16.1 Å². The summed E-state index contributed by atoms with van der Waals surface area (Å²) in [6.07, 6.45) is 3.52. The number of furan rings is 1. The lowest BCUT2D eigenvalue weighted by atomic mass is 10.1. The van der Waals surface area contributed by atoms with Gasteiger partial charge in [-0.15, -0.1) is 11.3 Å². The first kappa shape index (κ1) is 19.9. The highest BCUT2D eigenvalue weighted by Crippen LogP contribution is 2.30. The van der Waals surface area contributed by atoms with Crippen LogP contribution in [0.1, 0.15) is 47.8 Å². The molecular formula is C22H21N3O4S. The lowest BCUT2D eigenvalue weighted by Gasteiger charge is -2.19. The molecule has 0 fully saturated rings. The maximum Gasteiger partial charge on any atom is 0.356 e. The van der Waals surface area contributed by atoms with E-state index in [-0.39, 0.29) is 12.6 Å². The van der Waals surface area contributed by atoms with Crippen molar-refractivity contribution >= 4 is 33.4 Å². The average Bonchev–Trinajstić information content (AvgIpc) is 3.47. The Morgan fingerprint density at radius 3 is 2.83 bits per heavy atom. The van der Waals surface area contributed by atoms with Gasteiger partial charge in [-0.1, -0.05) is 6.07 Å². The Morgan fingerprint density at radius 1 is 1.27 bits per heavy atom. The molecule has 0 radical (unpaired) electrons. The molecule has 30 heavy (non-hydrogen) atoms. The van der Waals surface area contributed by atoms with Crippen molar-refractivity contribution in [2.75, 3.05) is 0 Å². The Balaban J connectivity index is 1.60. The highest BCUT2D eigenvalue weighted by atomic mass is 32.1. The average molecular weight is 423 g/mol. The number of fused-ring (bicyclic) bond motifs is 1. The van der Waals surface area contributed by atoms with Crippen LogP contribution in [0.15, 0.2) is 64.9 Å². The largest absolute Gasteiger partial charge is 0.467 e. The van der Waals surface area contributed by atoms with Gasteiger partial charge in [-0.25, -0.2) is 4.79 Å². The second-order valence-corrected chi connectivity index (χ2v) is 7.98. The summed E-state index contributed by atoms with van der Waals surface area (Å²) < 4.78 is 13.9. The summed E-state index contributed by atoms with van der Waals surface area (Å²) in [5, 5.41) is 4.74. The number of carbonyl (C=O) groups excluding carboxylic acids is 2. The molecule has 0 saturated carbocycles. The third-order valence-corrected chi connectivity index (χ3v) is 5.51. The monoisotopic (exact) mass is 423 g/mol. The molecule has 1 amide bonds. The first-order chi connectivity index (χ1) is 14.5. The van der Waals surface area contributed by atoms with Gasteiger partial charge in [-0.05, 0) is 49.6 Å². The Bertz CT molecular complexity index is 1150. The fourth-order valence-electron chi connectivity index (χ4n) is 3.31. The third-order valence-electron chi connectivity index (χ3n) is 4.65. The van der Waals surface area contributed by atoms with Gasteiger partial charge in [0, 0.05) is 24.0 Å². The van der Waals surface area contributed by atoms with E-state index in [9.17, 15) is 9.59 Å². The number of amides is 1. The zero-order valence-electron chi connectivity index (χ0n) is 16.6. The molecule has 8 heteroatoms. The Kier molecular flexibility index (Phi) is 5.67. The fourth-order valence-corrected chi connectivity index (χ4v) is 4.12. The molecule has 0 aromatic carbocycles. The van der Waals surface area contributed by atoms with E-state index in [1.54, 1.807) is 41.8 Å². The van der Waals surface area contributed by atoms with E-state index in [1.807, 2.05) is 35.9 Å². The van der Waals surface area contributed by atoms with E-state index in [0.29, 0.717) is 17.0 Å². The normalized spacial score (nSPS) is 12.2. The van der Waals surface area contributed by atoms with Gasteiger partial charge in [0.2, 0.25) is 6.10 Å². The summed E-state index contributed by atoms with van der Waals surface area (Å²) in [6, 6.07) is 10.7. The number of aromatic nitrogens is 2. The molecule has 0 aliphatic carbocycles. The van der Waals surface area contributed by atoms with Gasteiger partial charge in [-0.2, -0.15) is 0 Å². The Morgan fingerprint density at radius 2 is 2.13 bits per heavy atom. The van der Waals surface area contributed by atoms with Crippen LogP contribution < -0.4 is 5.32 Å². The summed E-state index contributed by atoms with van der Waals surface area (Å²) in [5.74, 6) is -0.403. The van der Waals surface area contributed by atoms with Gasteiger partial charge in [0.05, 0.1) is 23.0 Å². The van der Waals surface area contributed by atoms with Crippen molar-refractivity contribution in [1.29, 1.82) is 0 Å². The van der Waals surface area contributed by atoms with Crippen LogP contribution in [0.25, 0.3) is 10.2 Å². The van der Waals surface area contributed by atoms with Crippen LogP contribution >= 0.6 is 11.3 Å². The number of hydrogen-bond donors (Lipinski definition) is 1. The number of thiophene rings is 1. The number of esters is 1. The van der Waals surface area contributed by atoms with Crippen LogP contribution in [0.5, 0.6) is 0 Å². The smallest absolute Gasteiger partial charge is 0.356 e. The summed E-state index contributed by atoms with van der Waals surface area (Å²) in [4.78, 5) is 30.0. The quantitative estimate of drug-likeness (QED) is 0.443. The van der Waals surface area contributed by atoms with Crippen molar-refractivity contribution in [3.63, 3.8) is 0 Å². The molecule has 1 N–H and O–H groups in total. The number of nitrogens with one attached hydrogen (secondary N) is 1. The predicted molar refractivity (Wildman–Crippen MR) is 113 cm³/mol. The van der Waals surface area contributed by atoms with Crippen LogP contribution in [0.2, 0.25) is 0 Å². The minimum Gasteiger partial charge on any atom is -0.467 e. The van der Waals surface area contributed by atoms with Crippen molar-refractivity contribution in [2.24, 2.45) is 0 Å². The maximum absolute atomic E-state index is 13.1. The molecule has 0 aliphatic heterocycles. The summed E-state index contributed by atoms with van der Waals surface area (Å²) in [5.41, 5.74) is 1.88. The van der Waals surface area contributed by atoms with Gasteiger partial charge in [0.15, 0.2) is 0 Å². The first-order valence-corrected chi connectivity index (χ1v) is 10.4. The Labute approximate surface area is 177 Å². The lowest BCUT2D eigenvalue weighted by molar-refractivity contribution is -0.130. The standard InChI is InChI=1S/C22H21N3O4S/c1-14(2)25-17-7-10-30-19(17)11-18(25)22(27)29-20(15-5-3-8-23-12-15)21(26)24-13-16-6-4-9-28-16/h3-12,14,20H,13H2,1-2H3,(H,24,26)/t20-/m1/s1. The molecule has 154 valence electrons. The molecule has 4 aromatic heterocycles. The predicted octanol–water partition coefficient (Wildman–Crippen LogP) is 4.49. The van der Waals surface area contributed by atoms with Crippen molar-refractivity contribution in [2.45, 2.75) is 32.5 Å². The van der Waals surface area contributed by atoms with E-state index in [1.165, 1.54) is 12.5 Å². The van der Waals surface area contributed by atoms with Gasteiger partial charge in [0.25, 0.3) is 5.91 Å². The van der Waals surface area contributed by atoms with Crippen LogP contribution in [-0.4, -0.2) is 21.4 Å². The zero-order chi connectivity index (χ0) is 21.1. The topological polar surface area (TPSA) is 86.4 Å². The van der Waals surface area contributed by atoms with Crippen molar-refractivity contribution < 1.29 is 18.7 Å². The molecule has 4 rings (SSSR count). The van der Waals surface area contributed by atoms with Crippen LogP contribution in [0.4, 0.5) is 0 Å². The molecule has 0 aliphatic rings. The second kappa shape index (κ2) is 8.54. The molecule has 4 aromatic rings. The van der Waals surface area contributed by atoms with E-state index in [0.717, 1.165) is 10.2 Å². The second-order valence-electron chi connectivity index (χ2n) is 7.03. The van der Waals surface area contributed by atoms with E-state index in [4.69, 9.17) is 9.15 Å². The number of carbonyl (C=O) groups is 2. The lowest BCUT2D eigenvalue weighted by Crippen LogP contribution is -2.32. The molecule has 4 heterocycles. The third kappa shape index (κ3) is 3.99. The van der Waals surface area contributed by atoms with Crippen LogP contribution in [0.3, 0.4) is 0 Å². The van der Waals surface area contributed by atoms with Gasteiger partial charge < -0.3 is 19.0 Å². The van der Waals surface area contributed by atoms with Gasteiger partial charge >= 0.3 is 5.97 Å². The molecule has 0 bridgehead atoms. The van der Waals surface area contributed by atoms with Gasteiger partial charge in [-0.3, -0.25) is 9.78 Å². The minimum absolute atomic E-state index is 0.0595. The molecule has 7 nitrogen and oxygen atoms in total. The molecule has 1 atom stereocenters. The maximum atomic E-state index is 13.1.